The van der Waals surface area contributed by atoms with E-state index in [9.17, 15) is 9.90 Å². The first-order chi connectivity index (χ1) is 11.6. The zero-order chi connectivity index (χ0) is 17.0. The van der Waals surface area contributed by atoms with E-state index in [1.54, 1.807) is 0 Å². The molecule has 1 aliphatic carbocycles. The molecule has 1 aromatic rings. The molecule has 1 N–H and O–H groups in total. The van der Waals surface area contributed by atoms with Crippen molar-refractivity contribution in [3.63, 3.8) is 0 Å². The Morgan fingerprint density at radius 2 is 1.69 bits per heavy atom. The van der Waals surface area contributed by atoms with Crippen LogP contribution in [-0.4, -0.2) is 60.0 Å². The third kappa shape index (κ3) is 4.87. The molecule has 1 saturated heterocycles. The van der Waals surface area contributed by atoms with Gasteiger partial charge in [0, 0.05) is 32.7 Å². The van der Waals surface area contributed by atoms with E-state index in [4.69, 9.17) is 0 Å². The molecule has 1 unspecified atom stereocenters. The van der Waals surface area contributed by atoms with Crippen molar-refractivity contribution in [1.82, 2.24) is 9.80 Å². The van der Waals surface area contributed by atoms with Crippen molar-refractivity contribution in [1.29, 1.82) is 0 Å². The molecule has 26 heavy (non-hydrogen) atoms. The van der Waals surface area contributed by atoms with Crippen molar-refractivity contribution < 1.29 is 9.90 Å². The predicted octanol–water partition coefficient (Wildman–Crippen LogP) is 2.89. The van der Waals surface area contributed by atoms with Gasteiger partial charge in [-0.15, -0.1) is 31.4 Å². The normalized spacial score (nSPS) is 20.8. The minimum atomic E-state index is -1.32. The molecule has 1 atom stereocenters. The fourth-order valence-corrected chi connectivity index (χ4v) is 3.78. The number of carbonyl (C=O) groups excluding carboxylic acids is 1. The molecule has 0 bridgehead atoms. The Bertz CT molecular complexity index is 572. The Morgan fingerprint density at radius 1 is 1.12 bits per heavy atom. The van der Waals surface area contributed by atoms with E-state index in [2.05, 4.69) is 16.4 Å². The molecule has 0 spiro atoms. The van der Waals surface area contributed by atoms with Gasteiger partial charge in [-0.05, 0) is 24.3 Å². The van der Waals surface area contributed by atoms with Crippen molar-refractivity contribution in [3.05, 3.63) is 48.6 Å². The smallest absolute Gasteiger partial charge is 0.183 e. The van der Waals surface area contributed by atoms with Gasteiger partial charge >= 0.3 is 0 Å². The molecule has 1 aliphatic heterocycles. The molecular weight excluding hydrogens is 371 g/mol. The summed E-state index contributed by atoms with van der Waals surface area (Å²) in [6.07, 6.45) is 4.90. The van der Waals surface area contributed by atoms with Crippen LogP contribution in [0, 0.1) is 5.92 Å². The molecule has 146 valence electrons. The van der Waals surface area contributed by atoms with E-state index in [0.717, 1.165) is 57.5 Å². The molecule has 3 rings (SSSR count). The van der Waals surface area contributed by atoms with Crippen LogP contribution in [0.2, 0.25) is 0 Å². The lowest BCUT2D eigenvalue weighted by atomic mass is 9.67. The number of aliphatic hydroxyl groups is 1. The van der Waals surface area contributed by atoms with Gasteiger partial charge in [-0.25, -0.2) is 0 Å². The SMILES string of the molecule is C=CCN1CCN(CC(=O)C(O)(c2ccccc2)C2CCC2)CC1.Cl.Cl. The van der Waals surface area contributed by atoms with Crippen LogP contribution in [0.15, 0.2) is 43.0 Å². The summed E-state index contributed by atoms with van der Waals surface area (Å²) >= 11 is 0. The van der Waals surface area contributed by atoms with Crippen LogP contribution in [0.25, 0.3) is 0 Å². The topological polar surface area (TPSA) is 43.8 Å². The lowest BCUT2D eigenvalue weighted by molar-refractivity contribution is -0.151. The Hall–Kier alpha value is -0.910. The van der Waals surface area contributed by atoms with Gasteiger partial charge in [0.25, 0.3) is 0 Å². The predicted molar refractivity (Wildman–Crippen MR) is 110 cm³/mol. The summed E-state index contributed by atoms with van der Waals surface area (Å²) in [6.45, 7) is 8.66. The number of ketones is 1. The third-order valence-electron chi connectivity index (χ3n) is 5.55. The average molecular weight is 401 g/mol. The second kappa shape index (κ2) is 10.4. The summed E-state index contributed by atoms with van der Waals surface area (Å²) in [5.41, 5.74) is -0.567. The number of Topliss-reactive ketones (excluding diaryl/α,β-unsaturated/α-hetero) is 1. The highest BCUT2D eigenvalue weighted by Gasteiger charge is 2.47. The summed E-state index contributed by atoms with van der Waals surface area (Å²) in [7, 11) is 0. The quantitative estimate of drug-likeness (QED) is 0.714. The molecule has 0 radical (unpaired) electrons. The first kappa shape index (κ1) is 23.1. The van der Waals surface area contributed by atoms with Gasteiger partial charge in [-0.1, -0.05) is 42.8 Å². The zero-order valence-electron chi connectivity index (χ0n) is 15.2. The maximum absolute atomic E-state index is 13.1. The van der Waals surface area contributed by atoms with Crippen LogP contribution in [0.4, 0.5) is 0 Å². The molecular formula is C20H30Cl2N2O2. The maximum Gasteiger partial charge on any atom is 0.183 e. The summed E-state index contributed by atoms with van der Waals surface area (Å²) < 4.78 is 0. The first-order valence-corrected chi connectivity index (χ1v) is 9.01. The van der Waals surface area contributed by atoms with E-state index in [-0.39, 0.29) is 36.5 Å². The number of carbonyl (C=O) groups is 1. The van der Waals surface area contributed by atoms with E-state index < -0.39 is 5.60 Å². The molecule has 2 aliphatic rings. The summed E-state index contributed by atoms with van der Waals surface area (Å²) in [5, 5.41) is 11.3. The molecule has 1 heterocycles. The third-order valence-corrected chi connectivity index (χ3v) is 5.55. The highest BCUT2D eigenvalue weighted by Crippen LogP contribution is 2.43. The Morgan fingerprint density at radius 3 is 2.19 bits per heavy atom. The van der Waals surface area contributed by atoms with Gasteiger partial charge in [0.1, 0.15) is 0 Å². The minimum Gasteiger partial charge on any atom is -0.377 e. The fraction of sp³-hybridized carbons (Fsp3) is 0.550. The highest BCUT2D eigenvalue weighted by atomic mass is 35.5. The molecule has 1 saturated carbocycles. The van der Waals surface area contributed by atoms with E-state index in [1.165, 1.54) is 0 Å². The van der Waals surface area contributed by atoms with Gasteiger partial charge < -0.3 is 5.11 Å². The Balaban J connectivity index is 0.00000169. The van der Waals surface area contributed by atoms with E-state index >= 15 is 0 Å². The van der Waals surface area contributed by atoms with Gasteiger partial charge in [0.05, 0.1) is 6.54 Å². The molecule has 2 fully saturated rings. The standard InChI is InChI=1S/C20H28N2O2.2ClH/c1-2-11-21-12-14-22(15-13-21)16-19(23)20(24,18-9-6-10-18)17-7-4-3-5-8-17;;/h2-5,7-8,18,24H,1,6,9-16H2;2*1H. The van der Waals surface area contributed by atoms with Crippen molar-refractivity contribution in [2.75, 3.05) is 39.3 Å². The fourth-order valence-electron chi connectivity index (χ4n) is 3.78. The van der Waals surface area contributed by atoms with Crippen molar-refractivity contribution >= 4 is 30.6 Å². The lowest BCUT2D eigenvalue weighted by Gasteiger charge is -2.42. The zero-order valence-corrected chi connectivity index (χ0v) is 16.8. The largest absolute Gasteiger partial charge is 0.377 e. The van der Waals surface area contributed by atoms with Crippen LogP contribution in [0.5, 0.6) is 0 Å². The summed E-state index contributed by atoms with van der Waals surface area (Å²) in [4.78, 5) is 17.6. The van der Waals surface area contributed by atoms with Crippen LogP contribution in [-0.2, 0) is 10.4 Å². The van der Waals surface area contributed by atoms with Crippen LogP contribution < -0.4 is 0 Å². The molecule has 0 amide bonds. The Kier molecular flexibility index (Phi) is 9.28. The summed E-state index contributed by atoms with van der Waals surface area (Å²) in [5.74, 6) is 0.0185. The lowest BCUT2D eigenvalue weighted by Crippen LogP contribution is -2.53. The molecule has 1 aromatic carbocycles. The van der Waals surface area contributed by atoms with Gasteiger partial charge in [0.15, 0.2) is 11.4 Å². The average Bonchev–Trinajstić information content (AvgIpc) is 2.56. The van der Waals surface area contributed by atoms with Crippen molar-refractivity contribution in [2.24, 2.45) is 5.92 Å². The first-order valence-electron chi connectivity index (χ1n) is 9.01. The second-order valence-electron chi connectivity index (χ2n) is 7.05. The number of hydrogen-bond acceptors (Lipinski definition) is 4. The highest BCUT2D eigenvalue weighted by molar-refractivity contribution is 5.90. The van der Waals surface area contributed by atoms with Gasteiger partial charge in [0.2, 0.25) is 0 Å². The molecule has 6 heteroatoms. The number of benzene rings is 1. The number of piperazine rings is 1. The Labute approximate surface area is 169 Å². The summed E-state index contributed by atoms with van der Waals surface area (Å²) in [6, 6.07) is 9.51. The van der Waals surface area contributed by atoms with E-state index in [1.807, 2.05) is 36.4 Å². The van der Waals surface area contributed by atoms with Crippen LogP contribution >= 0.6 is 24.8 Å². The monoisotopic (exact) mass is 400 g/mol. The second-order valence-corrected chi connectivity index (χ2v) is 7.05. The van der Waals surface area contributed by atoms with Crippen molar-refractivity contribution in [3.8, 4) is 0 Å². The number of rotatable bonds is 7. The number of hydrogen-bond donors (Lipinski definition) is 1. The van der Waals surface area contributed by atoms with Gasteiger partial charge in [-0.3, -0.25) is 14.6 Å². The van der Waals surface area contributed by atoms with Crippen LogP contribution in [0.1, 0.15) is 24.8 Å². The van der Waals surface area contributed by atoms with Gasteiger partial charge in [-0.2, -0.15) is 0 Å². The molecule has 4 nitrogen and oxygen atoms in total. The van der Waals surface area contributed by atoms with E-state index in [0.29, 0.717) is 6.54 Å². The minimum absolute atomic E-state index is 0. The maximum atomic E-state index is 13.1. The molecule has 0 aromatic heterocycles. The van der Waals surface area contributed by atoms with Crippen LogP contribution in [0.3, 0.4) is 0 Å². The number of nitrogens with zero attached hydrogens (tertiary/aromatic N) is 2. The number of halogens is 2. The van der Waals surface area contributed by atoms with Crippen molar-refractivity contribution in [2.45, 2.75) is 24.9 Å².